The first-order valence-electron chi connectivity index (χ1n) is 6.31. The Bertz CT molecular complexity index is 851. The van der Waals surface area contributed by atoms with Gasteiger partial charge in [0.25, 0.3) is 0 Å². The first kappa shape index (κ1) is 13.9. The molecule has 0 saturated heterocycles. The minimum atomic E-state index is -0.126. The van der Waals surface area contributed by atoms with Crippen LogP contribution in [0.1, 0.15) is 0 Å². The highest BCUT2D eigenvalue weighted by Gasteiger charge is 2.10. The third-order valence-electron chi connectivity index (χ3n) is 2.93. The predicted molar refractivity (Wildman–Crippen MR) is 88.7 cm³/mol. The van der Waals surface area contributed by atoms with Crippen LogP contribution in [-0.4, -0.2) is 22.4 Å². The van der Waals surface area contributed by atoms with Crippen LogP contribution in [0.2, 0.25) is 0 Å². The van der Waals surface area contributed by atoms with E-state index in [9.17, 15) is 4.79 Å². The number of carbonyl (C=O) groups is 1. The van der Waals surface area contributed by atoms with Gasteiger partial charge in [0.2, 0.25) is 5.91 Å². The molecule has 21 heavy (non-hydrogen) atoms. The highest BCUT2D eigenvalue weighted by atomic mass is 32.2. The van der Waals surface area contributed by atoms with Crippen molar-refractivity contribution >= 4 is 55.1 Å². The van der Waals surface area contributed by atoms with Crippen molar-refractivity contribution in [2.75, 3.05) is 16.8 Å². The Morgan fingerprint density at radius 3 is 3.05 bits per heavy atom. The summed E-state index contributed by atoms with van der Waals surface area (Å²) in [5.41, 5.74) is 0.915. The molecule has 0 radical (unpaired) electrons. The molecule has 0 bridgehead atoms. The van der Waals surface area contributed by atoms with Gasteiger partial charge in [0.15, 0.2) is 5.13 Å². The van der Waals surface area contributed by atoms with Crippen LogP contribution in [0, 0.1) is 11.3 Å². The highest BCUT2D eigenvalue weighted by molar-refractivity contribution is 8.00. The van der Waals surface area contributed by atoms with Crippen molar-refractivity contribution in [2.45, 2.75) is 0 Å². The first-order valence-corrected chi connectivity index (χ1v) is 8.28. The number of amides is 1. The molecule has 0 unspecified atom stereocenters. The van der Waals surface area contributed by atoms with Gasteiger partial charge in [-0.3, -0.25) is 4.79 Å². The molecule has 3 aromatic rings. The third-order valence-corrected chi connectivity index (χ3v) is 4.67. The van der Waals surface area contributed by atoms with Crippen LogP contribution >= 0.6 is 23.1 Å². The second kappa shape index (κ2) is 6.12. The van der Waals surface area contributed by atoms with Crippen molar-refractivity contribution in [3.63, 3.8) is 0 Å². The van der Waals surface area contributed by atoms with E-state index in [0.29, 0.717) is 10.9 Å². The summed E-state index contributed by atoms with van der Waals surface area (Å²) in [7, 11) is 0. The molecule has 0 atom stereocenters. The fourth-order valence-corrected chi connectivity index (χ4v) is 3.41. The van der Waals surface area contributed by atoms with Gasteiger partial charge >= 0.3 is 0 Å². The van der Waals surface area contributed by atoms with Gasteiger partial charge in [-0.25, -0.2) is 4.98 Å². The number of fused-ring (bicyclic) bond motifs is 3. The van der Waals surface area contributed by atoms with Gasteiger partial charge in [0, 0.05) is 5.39 Å². The second-order valence-corrected chi connectivity index (χ2v) is 6.37. The van der Waals surface area contributed by atoms with Crippen molar-refractivity contribution < 1.29 is 4.79 Å². The summed E-state index contributed by atoms with van der Waals surface area (Å²) in [6.07, 6.45) is 0. The maximum absolute atomic E-state index is 11.8. The van der Waals surface area contributed by atoms with Gasteiger partial charge in [-0.1, -0.05) is 41.7 Å². The molecule has 0 aliphatic rings. The Morgan fingerprint density at radius 2 is 2.19 bits per heavy atom. The zero-order valence-electron chi connectivity index (χ0n) is 11.0. The Kier molecular flexibility index (Phi) is 4.04. The molecule has 2 aromatic carbocycles. The molecule has 1 amide bonds. The number of anilines is 1. The minimum Gasteiger partial charge on any atom is -0.301 e. The number of nitrogens with one attached hydrogen (secondary N) is 1. The molecule has 1 N–H and O–H groups in total. The molecule has 0 spiro atoms. The lowest BCUT2D eigenvalue weighted by molar-refractivity contribution is -0.113. The van der Waals surface area contributed by atoms with Crippen LogP contribution < -0.4 is 5.32 Å². The maximum Gasteiger partial charge on any atom is 0.236 e. The van der Waals surface area contributed by atoms with Gasteiger partial charge in [0.05, 0.1) is 27.8 Å². The summed E-state index contributed by atoms with van der Waals surface area (Å²) < 4.78 is 1.05. The van der Waals surface area contributed by atoms with Crippen LogP contribution in [0.15, 0.2) is 36.4 Å². The molecular weight excluding hydrogens is 302 g/mol. The van der Waals surface area contributed by atoms with E-state index < -0.39 is 0 Å². The number of carbonyl (C=O) groups excluding carboxylic acids is 1. The number of thioether (sulfide) groups is 1. The number of hydrogen-bond donors (Lipinski definition) is 1. The van der Waals surface area contributed by atoms with Crippen molar-refractivity contribution in [2.24, 2.45) is 0 Å². The van der Waals surface area contributed by atoms with E-state index in [1.54, 1.807) is 0 Å². The molecule has 6 heteroatoms. The molecule has 104 valence electrons. The first-order chi connectivity index (χ1) is 10.3. The molecule has 1 aromatic heterocycles. The van der Waals surface area contributed by atoms with Crippen LogP contribution in [0.3, 0.4) is 0 Å². The van der Waals surface area contributed by atoms with Crippen molar-refractivity contribution in [1.82, 2.24) is 4.98 Å². The minimum absolute atomic E-state index is 0.126. The summed E-state index contributed by atoms with van der Waals surface area (Å²) in [4.78, 5) is 16.3. The molecule has 0 saturated carbocycles. The lowest BCUT2D eigenvalue weighted by atomic mass is 10.1. The summed E-state index contributed by atoms with van der Waals surface area (Å²) in [6.45, 7) is 0. The summed E-state index contributed by atoms with van der Waals surface area (Å²) in [5, 5.41) is 14.1. The molecule has 3 rings (SSSR count). The number of benzene rings is 2. The van der Waals surface area contributed by atoms with E-state index in [1.165, 1.54) is 23.1 Å². The maximum atomic E-state index is 11.8. The number of rotatable bonds is 4. The average molecular weight is 313 g/mol. The van der Waals surface area contributed by atoms with Crippen LogP contribution in [0.5, 0.6) is 0 Å². The summed E-state index contributed by atoms with van der Waals surface area (Å²) in [6, 6.07) is 14.1. The van der Waals surface area contributed by atoms with Crippen LogP contribution in [-0.2, 0) is 4.79 Å². The SMILES string of the molecule is N#CCSCC(=O)Nc1nc2c(ccc3ccccc32)s1. The fraction of sp³-hybridized carbons (Fsp3) is 0.133. The monoisotopic (exact) mass is 313 g/mol. The molecular formula is C15H11N3OS2. The van der Waals surface area contributed by atoms with Gasteiger partial charge < -0.3 is 5.32 Å². The lowest BCUT2D eigenvalue weighted by Gasteiger charge is -1.98. The Hall–Kier alpha value is -2.10. The second-order valence-electron chi connectivity index (χ2n) is 4.35. The van der Waals surface area contributed by atoms with Gasteiger partial charge in [-0.05, 0) is 11.5 Å². The quantitative estimate of drug-likeness (QED) is 0.747. The van der Waals surface area contributed by atoms with Crippen molar-refractivity contribution in [1.29, 1.82) is 5.26 Å². The molecule has 1 heterocycles. The normalized spacial score (nSPS) is 10.6. The zero-order valence-corrected chi connectivity index (χ0v) is 12.6. The molecule has 0 aliphatic carbocycles. The van der Waals surface area contributed by atoms with Gasteiger partial charge in [-0.2, -0.15) is 5.26 Å². The molecule has 0 fully saturated rings. The van der Waals surface area contributed by atoms with Crippen molar-refractivity contribution in [3.05, 3.63) is 36.4 Å². The van der Waals surface area contributed by atoms with E-state index in [4.69, 9.17) is 5.26 Å². The number of aromatic nitrogens is 1. The largest absolute Gasteiger partial charge is 0.301 e. The van der Waals surface area contributed by atoms with Crippen LogP contribution in [0.25, 0.3) is 21.0 Å². The third kappa shape index (κ3) is 2.99. The van der Waals surface area contributed by atoms with E-state index in [0.717, 1.165) is 21.0 Å². The van der Waals surface area contributed by atoms with E-state index in [-0.39, 0.29) is 11.7 Å². The van der Waals surface area contributed by atoms with Crippen molar-refractivity contribution in [3.8, 4) is 6.07 Å². The van der Waals surface area contributed by atoms with E-state index in [1.807, 2.05) is 36.4 Å². The number of nitrogens with zero attached hydrogens (tertiary/aromatic N) is 2. The Balaban J connectivity index is 1.86. The number of hydrogen-bond acceptors (Lipinski definition) is 5. The fourth-order valence-electron chi connectivity index (χ4n) is 2.06. The van der Waals surface area contributed by atoms with Gasteiger partial charge in [-0.15, -0.1) is 11.8 Å². The Morgan fingerprint density at radius 1 is 1.33 bits per heavy atom. The van der Waals surface area contributed by atoms with Gasteiger partial charge in [0.1, 0.15) is 0 Å². The summed E-state index contributed by atoms with van der Waals surface area (Å²) >= 11 is 2.76. The lowest BCUT2D eigenvalue weighted by Crippen LogP contribution is -2.13. The van der Waals surface area contributed by atoms with E-state index >= 15 is 0 Å². The standard InChI is InChI=1S/C15H11N3OS2/c16-7-8-20-9-13(19)17-15-18-14-11-4-2-1-3-10(11)5-6-12(14)21-15/h1-6H,8-9H2,(H,17,18,19). The van der Waals surface area contributed by atoms with E-state index in [2.05, 4.69) is 16.4 Å². The number of thiazole rings is 1. The number of nitriles is 1. The predicted octanol–water partition coefficient (Wildman–Crippen LogP) is 3.64. The Labute approximate surface area is 129 Å². The van der Waals surface area contributed by atoms with Crippen LogP contribution in [0.4, 0.5) is 5.13 Å². The molecule has 4 nitrogen and oxygen atoms in total. The smallest absolute Gasteiger partial charge is 0.236 e. The average Bonchev–Trinajstić information content (AvgIpc) is 2.90. The zero-order chi connectivity index (χ0) is 14.7. The summed E-state index contributed by atoms with van der Waals surface area (Å²) in [5.74, 6) is 0.459. The topological polar surface area (TPSA) is 65.8 Å². The molecule has 0 aliphatic heterocycles. The highest BCUT2D eigenvalue weighted by Crippen LogP contribution is 2.31.